The maximum atomic E-state index is 12.8. The van der Waals surface area contributed by atoms with Crippen molar-refractivity contribution in [1.82, 2.24) is 0 Å². The van der Waals surface area contributed by atoms with Gasteiger partial charge in [-0.3, -0.25) is 4.79 Å². The van der Waals surface area contributed by atoms with E-state index < -0.39 is 17.1 Å². The van der Waals surface area contributed by atoms with Crippen LogP contribution in [0.4, 0.5) is 0 Å². The Kier molecular flexibility index (Phi) is 2.87. The van der Waals surface area contributed by atoms with Crippen LogP contribution in [0, 0.1) is 0 Å². The van der Waals surface area contributed by atoms with Crippen molar-refractivity contribution in [3.8, 4) is 17.2 Å². The third kappa shape index (κ3) is 1.89. The highest BCUT2D eigenvalue weighted by molar-refractivity contribution is 5.97. The summed E-state index contributed by atoms with van der Waals surface area (Å²) in [5.74, 6) is -0.174. The van der Waals surface area contributed by atoms with E-state index in [1.165, 1.54) is 18.2 Å². The summed E-state index contributed by atoms with van der Waals surface area (Å²) in [7, 11) is 0. The van der Waals surface area contributed by atoms with E-state index in [1.54, 1.807) is 6.07 Å². The minimum Gasteiger partial charge on any atom is -0.507 e. The Morgan fingerprint density at radius 1 is 1.17 bits per heavy atom. The fraction of sp³-hybridized carbons (Fsp3) is 0.278. The van der Waals surface area contributed by atoms with Crippen LogP contribution in [0.5, 0.6) is 17.2 Å². The zero-order valence-corrected chi connectivity index (χ0v) is 13.2. The fourth-order valence-electron chi connectivity index (χ4n) is 3.45. The molecule has 2 aromatic carbocycles. The molecule has 0 bridgehead atoms. The highest BCUT2D eigenvalue weighted by Gasteiger charge is 2.38. The third-order valence-corrected chi connectivity index (χ3v) is 4.52. The first-order chi connectivity index (χ1) is 11.3. The van der Waals surface area contributed by atoms with Crippen molar-refractivity contribution < 1.29 is 24.5 Å². The van der Waals surface area contributed by atoms with Crippen LogP contribution in [0.3, 0.4) is 0 Å². The molecule has 124 valence electrons. The minimum atomic E-state index is -1.01. The highest BCUT2D eigenvalue weighted by atomic mass is 16.6. The van der Waals surface area contributed by atoms with Gasteiger partial charge in [-0.2, -0.15) is 0 Å². The summed E-state index contributed by atoms with van der Waals surface area (Å²) >= 11 is 0. The molecule has 2 heterocycles. The Labute approximate surface area is 136 Å². The zero-order valence-electron chi connectivity index (χ0n) is 13.2. The number of benzene rings is 2. The summed E-state index contributed by atoms with van der Waals surface area (Å²) < 4.78 is 11.2. The Balaban J connectivity index is 2.25. The maximum absolute atomic E-state index is 12.8. The van der Waals surface area contributed by atoms with Gasteiger partial charge in [0.25, 0.3) is 0 Å². The van der Waals surface area contributed by atoms with E-state index >= 15 is 0 Å². The van der Waals surface area contributed by atoms with Gasteiger partial charge >= 0.3 is 0 Å². The SMILES string of the molecule is CC1(C)C[C@@H](O)Oc2cc(O)c3c(=O)c4cccc(O)c4oc3c21. The number of para-hydroxylation sites is 1. The van der Waals surface area contributed by atoms with Crippen LogP contribution in [-0.2, 0) is 5.41 Å². The van der Waals surface area contributed by atoms with Gasteiger partial charge in [0.2, 0.25) is 5.43 Å². The minimum absolute atomic E-state index is 0.0416. The zero-order chi connectivity index (χ0) is 17.2. The molecule has 0 radical (unpaired) electrons. The molecule has 1 atom stereocenters. The second-order valence-corrected chi connectivity index (χ2v) is 6.72. The van der Waals surface area contributed by atoms with Crippen LogP contribution >= 0.6 is 0 Å². The highest BCUT2D eigenvalue weighted by Crippen LogP contribution is 2.47. The molecular weight excluding hydrogens is 312 g/mol. The first-order valence-electron chi connectivity index (χ1n) is 7.59. The number of ether oxygens (including phenoxy) is 1. The predicted octanol–water partition coefficient (Wildman–Crippen LogP) is 2.74. The molecule has 6 nitrogen and oxygen atoms in total. The largest absolute Gasteiger partial charge is 0.507 e. The maximum Gasteiger partial charge on any atom is 0.204 e. The summed E-state index contributed by atoms with van der Waals surface area (Å²) in [5.41, 5.74) is -0.162. The van der Waals surface area contributed by atoms with E-state index in [0.29, 0.717) is 12.0 Å². The van der Waals surface area contributed by atoms with E-state index in [9.17, 15) is 20.1 Å². The number of hydrogen-bond donors (Lipinski definition) is 3. The van der Waals surface area contributed by atoms with Gasteiger partial charge in [-0.15, -0.1) is 0 Å². The summed E-state index contributed by atoms with van der Waals surface area (Å²) in [6, 6.07) is 5.83. The van der Waals surface area contributed by atoms with E-state index in [1.807, 2.05) is 13.8 Å². The van der Waals surface area contributed by atoms with Crippen molar-refractivity contribution >= 4 is 21.9 Å². The number of rotatable bonds is 0. The molecule has 0 aliphatic carbocycles. The van der Waals surface area contributed by atoms with E-state index in [0.717, 1.165) is 0 Å². The Hall–Kier alpha value is -2.73. The number of aromatic hydroxyl groups is 2. The van der Waals surface area contributed by atoms with Crippen molar-refractivity contribution in [3.63, 3.8) is 0 Å². The number of aliphatic hydroxyl groups excluding tert-OH is 1. The standard InChI is InChI=1S/C18H16O6/c1-18(2)7-12(21)23-11-6-10(20)13-15(22)8-4-3-5-9(19)16(8)24-17(13)14(11)18/h3-6,12,19-21H,7H2,1-2H3/t12-/m0/s1. The average Bonchev–Trinajstić information content (AvgIpc) is 2.46. The van der Waals surface area contributed by atoms with E-state index in [2.05, 4.69) is 0 Å². The molecule has 0 amide bonds. The van der Waals surface area contributed by atoms with Gasteiger partial charge in [0.05, 0.1) is 5.39 Å². The molecule has 0 fully saturated rings. The molecule has 0 unspecified atom stereocenters. The topological polar surface area (TPSA) is 100 Å². The third-order valence-electron chi connectivity index (χ3n) is 4.52. The Morgan fingerprint density at radius 2 is 1.92 bits per heavy atom. The van der Waals surface area contributed by atoms with Crippen LogP contribution in [-0.4, -0.2) is 21.6 Å². The second kappa shape index (κ2) is 4.64. The van der Waals surface area contributed by atoms with E-state index in [4.69, 9.17) is 9.15 Å². The first-order valence-corrected chi connectivity index (χ1v) is 7.59. The lowest BCUT2D eigenvalue weighted by Crippen LogP contribution is -2.34. The van der Waals surface area contributed by atoms with Gasteiger partial charge in [-0.1, -0.05) is 19.9 Å². The predicted molar refractivity (Wildman–Crippen MR) is 87.6 cm³/mol. The smallest absolute Gasteiger partial charge is 0.204 e. The van der Waals surface area contributed by atoms with Crippen LogP contribution in [0.1, 0.15) is 25.8 Å². The average molecular weight is 328 g/mol. The molecule has 3 N–H and O–H groups in total. The monoisotopic (exact) mass is 328 g/mol. The molecule has 1 aliphatic heterocycles. The normalized spacial score (nSPS) is 19.2. The Morgan fingerprint density at radius 3 is 2.67 bits per heavy atom. The molecular formula is C18H16O6. The summed E-state index contributed by atoms with van der Waals surface area (Å²) in [6.45, 7) is 3.78. The van der Waals surface area contributed by atoms with Gasteiger partial charge in [0.1, 0.15) is 22.5 Å². The molecule has 0 spiro atoms. The lowest BCUT2D eigenvalue weighted by Gasteiger charge is -2.35. The number of phenolic OH excluding ortho intramolecular Hbond substituents is 2. The number of hydrogen-bond acceptors (Lipinski definition) is 6. The van der Waals surface area contributed by atoms with Crippen LogP contribution in [0.2, 0.25) is 0 Å². The Bertz CT molecular complexity index is 1050. The van der Waals surface area contributed by atoms with Gasteiger partial charge in [-0.05, 0) is 12.1 Å². The summed E-state index contributed by atoms with van der Waals surface area (Å²) in [5, 5.41) is 30.5. The molecule has 3 aromatic rings. The second-order valence-electron chi connectivity index (χ2n) is 6.72. The number of phenols is 2. The fourth-order valence-corrected chi connectivity index (χ4v) is 3.45. The molecule has 0 saturated heterocycles. The summed E-state index contributed by atoms with van der Waals surface area (Å²) in [6.07, 6.45) is -0.701. The van der Waals surface area contributed by atoms with Crippen LogP contribution in [0.25, 0.3) is 21.9 Å². The van der Waals surface area contributed by atoms with Crippen LogP contribution < -0.4 is 10.2 Å². The van der Waals surface area contributed by atoms with Gasteiger partial charge in [-0.25, -0.2) is 0 Å². The number of fused-ring (bicyclic) bond motifs is 4. The van der Waals surface area contributed by atoms with Crippen molar-refractivity contribution in [2.24, 2.45) is 0 Å². The van der Waals surface area contributed by atoms with Crippen LogP contribution in [0.15, 0.2) is 33.5 Å². The molecule has 1 aromatic heterocycles. The quantitative estimate of drug-likeness (QED) is 0.549. The molecule has 24 heavy (non-hydrogen) atoms. The van der Waals surface area contributed by atoms with Crippen molar-refractivity contribution in [2.45, 2.75) is 32.0 Å². The first kappa shape index (κ1) is 14.8. The molecule has 1 aliphatic rings. The van der Waals surface area contributed by atoms with Crippen molar-refractivity contribution in [1.29, 1.82) is 0 Å². The molecule has 0 saturated carbocycles. The van der Waals surface area contributed by atoms with Gasteiger partial charge in [0.15, 0.2) is 17.6 Å². The molecule has 6 heteroatoms. The van der Waals surface area contributed by atoms with Gasteiger partial charge < -0.3 is 24.5 Å². The number of aliphatic hydroxyl groups is 1. The lowest BCUT2D eigenvalue weighted by atomic mass is 9.78. The van der Waals surface area contributed by atoms with Crippen molar-refractivity contribution in [2.75, 3.05) is 0 Å². The van der Waals surface area contributed by atoms with Gasteiger partial charge in [0, 0.05) is 23.5 Å². The summed E-state index contributed by atoms with van der Waals surface area (Å²) in [4.78, 5) is 12.8. The van der Waals surface area contributed by atoms with Crippen molar-refractivity contribution in [3.05, 3.63) is 40.1 Å². The molecule has 4 rings (SSSR count). The van der Waals surface area contributed by atoms with E-state index in [-0.39, 0.29) is 39.2 Å². The lowest BCUT2D eigenvalue weighted by molar-refractivity contribution is -0.0495.